The van der Waals surface area contributed by atoms with Crippen molar-refractivity contribution in [3.8, 4) is 12.3 Å². The number of terminal acetylenes is 1. The summed E-state index contributed by atoms with van der Waals surface area (Å²) in [5.41, 5.74) is -0.502. The number of nitro groups is 1. The average molecular weight is 494 g/mol. The lowest BCUT2D eigenvalue weighted by Gasteiger charge is -2.22. The molecule has 0 saturated heterocycles. The zero-order chi connectivity index (χ0) is 25.7. The van der Waals surface area contributed by atoms with E-state index in [1.54, 1.807) is 6.92 Å². The lowest BCUT2D eigenvalue weighted by atomic mass is 10.0. The molecule has 1 aromatic carbocycles. The number of hydrazine groups is 1. The van der Waals surface area contributed by atoms with Crippen LogP contribution in [-0.4, -0.2) is 66.6 Å². The van der Waals surface area contributed by atoms with E-state index in [-0.39, 0.29) is 43.3 Å². The Morgan fingerprint density at radius 3 is 2.62 bits per heavy atom. The van der Waals surface area contributed by atoms with Crippen molar-refractivity contribution in [3.63, 3.8) is 0 Å². The van der Waals surface area contributed by atoms with E-state index in [0.717, 1.165) is 15.4 Å². The number of Topliss-reactive ketones (excluding diaryl/α,β-unsaturated/α-hetero) is 1. The van der Waals surface area contributed by atoms with E-state index in [9.17, 15) is 28.1 Å². The van der Waals surface area contributed by atoms with E-state index in [1.807, 2.05) is 0 Å². The maximum atomic E-state index is 13.1. The smallest absolute Gasteiger partial charge is 0.289 e. The highest BCUT2D eigenvalue weighted by Gasteiger charge is 2.30. The van der Waals surface area contributed by atoms with Gasteiger partial charge in [-0.05, 0) is 18.9 Å². The van der Waals surface area contributed by atoms with Crippen LogP contribution in [0.1, 0.15) is 32.6 Å². The Kier molecular flexibility index (Phi) is 12.1. The van der Waals surface area contributed by atoms with Crippen LogP contribution in [0.2, 0.25) is 0 Å². The summed E-state index contributed by atoms with van der Waals surface area (Å²) in [5.74, 6) is 7.23. The van der Waals surface area contributed by atoms with Gasteiger partial charge in [-0.25, -0.2) is 14.3 Å². The average Bonchev–Trinajstić information content (AvgIpc) is 2.82. The van der Waals surface area contributed by atoms with E-state index in [1.165, 1.54) is 24.3 Å². The summed E-state index contributed by atoms with van der Waals surface area (Å²) in [6, 6.07) is 4.55. The summed E-state index contributed by atoms with van der Waals surface area (Å²) < 4.78 is 27.2. The van der Waals surface area contributed by atoms with Gasteiger partial charge in [-0.2, -0.15) is 4.31 Å². The second-order valence-electron chi connectivity index (χ2n) is 7.35. The van der Waals surface area contributed by atoms with Crippen LogP contribution in [0.15, 0.2) is 41.8 Å². The number of carbonyl (C=O) groups is 2. The third kappa shape index (κ3) is 8.35. The van der Waals surface area contributed by atoms with Crippen LogP contribution in [0.4, 0.5) is 5.69 Å². The Labute approximate surface area is 200 Å². The number of hydrogen-bond acceptors (Lipinski definition) is 8. The van der Waals surface area contributed by atoms with Gasteiger partial charge >= 0.3 is 0 Å². The van der Waals surface area contributed by atoms with E-state index >= 15 is 0 Å². The SMILES string of the molecule is C#CCN(N)C(=O)CN[C@@H](CCCCN(CC=C)S(=O)(=O)c1ccccc1[N+](=O)[O-])C(=O)CC. The number of nitrogens with zero attached hydrogens (tertiary/aromatic N) is 3. The van der Waals surface area contributed by atoms with Crippen LogP contribution >= 0.6 is 0 Å². The van der Waals surface area contributed by atoms with Gasteiger partial charge in [0.15, 0.2) is 4.90 Å². The van der Waals surface area contributed by atoms with E-state index in [2.05, 4.69) is 17.8 Å². The molecule has 0 aromatic heterocycles. The molecule has 0 unspecified atom stereocenters. The van der Waals surface area contributed by atoms with Crippen molar-refractivity contribution < 1.29 is 22.9 Å². The first-order valence-electron chi connectivity index (χ1n) is 10.7. The number of hydrogen-bond donors (Lipinski definition) is 2. The van der Waals surface area contributed by atoms with Gasteiger partial charge in [0, 0.05) is 25.6 Å². The Bertz CT molecular complexity index is 1020. The fourth-order valence-electron chi connectivity index (χ4n) is 3.18. The van der Waals surface area contributed by atoms with Gasteiger partial charge in [-0.3, -0.25) is 30.0 Å². The summed E-state index contributed by atoms with van der Waals surface area (Å²) in [6.45, 7) is 5.10. The number of nitrogens with two attached hydrogens (primary N) is 1. The molecule has 0 fully saturated rings. The van der Waals surface area contributed by atoms with Gasteiger partial charge in [0.2, 0.25) is 10.0 Å². The first-order chi connectivity index (χ1) is 16.1. The topological polar surface area (TPSA) is 156 Å². The molecule has 12 heteroatoms. The maximum Gasteiger partial charge on any atom is 0.289 e. The van der Waals surface area contributed by atoms with Crippen LogP contribution < -0.4 is 11.2 Å². The number of para-hydroxylation sites is 1. The second-order valence-corrected chi connectivity index (χ2v) is 9.26. The number of amides is 1. The summed E-state index contributed by atoms with van der Waals surface area (Å²) in [5, 5.41) is 15.0. The molecule has 34 heavy (non-hydrogen) atoms. The van der Waals surface area contributed by atoms with Crippen molar-refractivity contribution in [1.82, 2.24) is 14.6 Å². The second kappa shape index (κ2) is 14.2. The van der Waals surface area contributed by atoms with Crippen molar-refractivity contribution >= 4 is 27.4 Å². The fourth-order valence-corrected chi connectivity index (χ4v) is 4.78. The van der Waals surface area contributed by atoms with Gasteiger partial charge in [-0.1, -0.05) is 37.5 Å². The summed E-state index contributed by atoms with van der Waals surface area (Å²) in [7, 11) is -4.14. The minimum Gasteiger partial charge on any atom is -0.299 e. The van der Waals surface area contributed by atoms with E-state index < -0.39 is 32.6 Å². The van der Waals surface area contributed by atoms with E-state index in [0.29, 0.717) is 19.3 Å². The fraction of sp³-hybridized carbons (Fsp3) is 0.455. The van der Waals surface area contributed by atoms with Crippen LogP contribution in [-0.2, 0) is 19.6 Å². The molecule has 0 spiro atoms. The third-order valence-corrected chi connectivity index (χ3v) is 6.89. The predicted molar refractivity (Wildman–Crippen MR) is 128 cm³/mol. The number of ketones is 1. The standard InChI is InChI=1S/C22H31N5O6S/c1-4-14-25(34(32,33)21-13-8-7-12-19(21)27(30)31)16-10-9-11-18(20(28)6-3)24-17-22(29)26(23)15-5-2/h2,4,7-8,12-13,18,24H,1,6,9-11,14-17,23H2,3H3/t18-/m0/s1. The summed E-state index contributed by atoms with van der Waals surface area (Å²) >= 11 is 0. The Morgan fingerprint density at radius 1 is 1.35 bits per heavy atom. The van der Waals surface area contributed by atoms with Crippen LogP contribution in [0.25, 0.3) is 0 Å². The van der Waals surface area contributed by atoms with Crippen LogP contribution in [0.3, 0.4) is 0 Å². The monoisotopic (exact) mass is 493 g/mol. The molecule has 0 bridgehead atoms. The highest BCUT2D eigenvalue weighted by atomic mass is 32.2. The molecule has 0 aliphatic carbocycles. The maximum absolute atomic E-state index is 13.1. The van der Waals surface area contributed by atoms with Crippen molar-refractivity contribution in [2.45, 2.75) is 43.5 Å². The molecule has 186 valence electrons. The van der Waals surface area contributed by atoms with Gasteiger partial charge in [0.1, 0.15) is 5.78 Å². The lowest BCUT2D eigenvalue weighted by molar-refractivity contribution is -0.387. The van der Waals surface area contributed by atoms with Gasteiger partial charge < -0.3 is 0 Å². The zero-order valence-electron chi connectivity index (χ0n) is 19.2. The van der Waals surface area contributed by atoms with Crippen LogP contribution in [0.5, 0.6) is 0 Å². The van der Waals surface area contributed by atoms with Crippen molar-refractivity contribution in [2.24, 2.45) is 5.84 Å². The molecule has 1 aromatic rings. The Hall–Kier alpha value is -3.11. The quantitative estimate of drug-likeness (QED) is 0.0662. The molecule has 0 aliphatic rings. The summed E-state index contributed by atoms with van der Waals surface area (Å²) in [4.78, 5) is 34.4. The molecular formula is C22H31N5O6S. The Balaban J connectivity index is 2.81. The minimum atomic E-state index is -4.14. The van der Waals surface area contributed by atoms with Gasteiger partial charge in [0.05, 0.1) is 24.1 Å². The molecular weight excluding hydrogens is 462 g/mol. The number of rotatable bonds is 16. The number of unbranched alkanes of at least 4 members (excludes halogenated alkanes) is 1. The number of carbonyl (C=O) groups excluding carboxylic acids is 2. The molecule has 1 atom stereocenters. The number of nitro benzene ring substituents is 1. The molecule has 0 saturated carbocycles. The molecule has 3 N–H and O–H groups in total. The van der Waals surface area contributed by atoms with Crippen LogP contribution in [0, 0.1) is 22.5 Å². The largest absolute Gasteiger partial charge is 0.299 e. The molecule has 0 radical (unpaired) electrons. The van der Waals surface area contributed by atoms with Gasteiger partial charge in [-0.15, -0.1) is 13.0 Å². The molecule has 0 aliphatic heterocycles. The first-order valence-corrected chi connectivity index (χ1v) is 12.1. The molecule has 1 amide bonds. The van der Waals surface area contributed by atoms with Gasteiger partial charge in [0.25, 0.3) is 11.6 Å². The highest BCUT2D eigenvalue weighted by Crippen LogP contribution is 2.26. The predicted octanol–water partition coefficient (Wildman–Crippen LogP) is 1.21. The number of sulfonamides is 1. The lowest BCUT2D eigenvalue weighted by Crippen LogP contribution is -2.47. The molecule has 0 heterocycles. The third-order valence-electron chi connectivity index (χ3n) is 4.98. The number of nitrogens with one attached hydrogen (secondary N) is 1. The van der Waals surface area contributed by atoms with Crippen molar-refractivity contribution in [1.29, 1.82) is 0 Å². The molecule has 11 nitrogen and oxygen atoms in total. The molecule has 1 rings (SSSR count). The van der Waals surface area contributed by atoms with Crippen molar-refractivity contribution in [3.05, 3.63) is 47.0 Å². The minimum absolute atomic E-state index is 0.0278. The zero-order valence-corrected chi connectivity index (χ0v) is 20.0. The normalized spacial score (nSPS) is 12.1. The first kappa shape index (κ1) is 28.9. The summed E-state index contributed by atoms with van der Waals surface area (Å²) in [6.07, 6.45) is 8.01. The highest BCUT2D eigenvalue weighted by molar-refractivity contribution is 7.89. The van der Waals surface area contributed by atoms with E-state index in [4.69, 9.17) is 12.3 Å². The number of benzene rings is 1. The Morgan fingerprint density at radius 2 is 2.03 bits per heavy atom. The van der Waals surface area contributed by atoms with Crippen molar-refractivity contribution in [2.75, 3.05) is 26.2 Å².